The third-order valence-corrected chi connectivity index (χ3v) is 10.2. The van der Waals surface area contributed by atoms with Crippen LogP contribution in [0.5, 0.6) is 11.8 Å². The average molecular weight is 664 g/mol. The highest BCUT2D eigenvalue weighted by atomic mass is 19.1. The molecule has 49 heavy (non-hydrogen) atoms. The van der Waals surface area contributed by atoms with Crippen LogP contribution in [0.2, 0.25) is 0 Å². The summed E-state index contributed by atoms with van der Waals surface area (Å²) in [6.07, 6.45) is 13.6. The Morgan fingerprint density at radius 1 is 1.20 bits per heavy atom. The zero-order valence-corrected chi connectivity index (χ0v) is 26.9. The number of carbonyl (C=O) groups excluding carboxylic acids is 1. The van der Waals surface area contributed by atoms with E-state index in [0.717, 1.165) is 44.8 Å². The quantitative estimate of drug-likeness (QED) is 0.202. The van der Waals surface area contributed by atoms with Gasteiger partial charge in [-0.05, 0) is 81.3 Å². The van der Waals surface area contributed by atoms with E-state index in [1.54, 1.807) is 0 Å². The second kappa shape index (κ2) is 12.9. The molecule has 10 nitrogen and oxygen atoms in total. The van der Waals surface area contributed by atoms with Crippen LogP contribution in [0.25, 0.3) is 32.9 Å². The monoisotopic (exact) mass is 663 g/mol. The van der Waals surface area contributed by atoms with Gasteiger partial charge in [0.15, 0.2) is 5.82 Å². The minimum Gasteiger partial charge on any atom is -0.508 e. The van der Waals surface area contributed by atoms with Gasteiger partial charge in [0.05, 0.1) is 34.5 Å². The lowest BCUT2D eigenvalue weighted by Crippen LogP contribution is -2.46. The summed E-state index contributed by atoms with van der Waals surface area (Å²) in [4.78, 5) is 30.5. The van der Waals surface area contributed by atoms with Crippen molar-refractivity contribution < 1.29 is 23.4 Å². The van der Waals surface area contributed by atoms with Crippen LogP contribution < -0.4 is 15.0 Å². The fourth-order valence-electron chi connectivity index (χ4n) is 7.82. The van der Waals surface area contributed by atoms with Crippen molar-refractivity contribution in [2.45, 2.75) is 50.1 Å². The molecular weight excluding hydrogens is 628 g/mol. The molecule has 2 atom stereocenters. The van der Waals surface area contributed by atoms with Crippen LogP contribution >= 0.6 is 0 Å². The Morgan fingerprint density at radius 3 is 2.73 bits per heavy atom. The van der Waals surface area contributed by atoms with Crippen molar-refractivity contribution in [2.24, 2.45) is 5.92 Å². The van der Waals surface area contributed by atoms with Gasteiger partial charge in [-0.15, -0.1) is 6.42 Å². The first kappa shape index (κ1) is 32.2. The topological polar surface area (TPSA) is 128 Å². The molecule has 5 heterocycles. The number of hydrogen-bond donors (Lipinski definition) is 2. The zero-order valence-electron chi connectivity index (χ0n) is 26.9. The highest BCUT2D eigenvalue weighted by Gasteiger charge is 2.45. The van der Waals surface area contributed by atoms with Gasteiger partial charge >= 0.3 is 6.01 Å². The number of hydrogen-bond acceptors (Lipinski definition) is 9. The lowest BCUT2D eigenvalue weighted by molar-refractivity contribution is -0.117. The van der Waals surface area contributed by atoms with Crippen LogP contribution in [0.1, 0.15) is 44.1 Å². The molecule has 250 valence electrons. The van der Waals surface area contributed by atoms with Crippen LogP contribution in [0, 0.1) is 41.2 Å². The lowest BCUT2D eigenvalue weighted by atomic mass is 9.95. The number of phenols is 1. The van der Waals surface area contributed by atoms with Gasteiger partial charge in [0.1, 0.15) is 35.2 Å². The van der Waals surface area contributed by atoms with E-state index in [-0.39, 0.29) is 57.0 Å². The number of aromatic hydroxyl groups is 1. The largest absolute Gasteiger partial charge is 0.508 e. The number of ether oxygens (including phenoxy) is 1. The number of rotatable bonds is 7. The van der Waals surface area contributed by atoms with Gasteiger partial charge < -0.3 is 20.1 Å². The highest BCUT2D eigenvalue weighted by molar-refractivity contribution is 6.03. The van der Waals surface area contributed by atoms with Gasteiger partial charge in [-0.2, -0.15) is 15.2 Å². The van der Waals surface area contributed by atoms with Gasteiger partial charge in [0.25, 0.3) is 0 Å². The first-order valence-electron chi connectivity index (χ1n) is 16.5. The van der Waals surface area contributed by atoms with Crippen molar-refractivity contribution in [1.82, 2.24) is 25.2 Å². The standard InChI is InChI=1S/C37H35F2N7O3/c1-3-25-28(38)10-9-22-16-24(47)17-26(31(22)25)33-32(39)34-27(19-41-33)35(45-13-5-8-23(18-40)29(20-45)42-30(48)4-2)44-36(43-34)49-21-37-11-6-14-46(37)15-7-12-37/h1,4,9-10,16-17,19,23,29,47H,2,5-8,11-15,20-21H2,(H,42,48)/t23-,29+/m1/s1. The van der Waals surface area contributed by atoms with Crippen LogP contribution in [0.4, 0.5) is 14.6 Å². The smallest absolute Gasteiger partial charge is 0.319 e. The molecule has 0 radical (unpaired) electrons. The molecule has 3 saturated heterocycles. The van der Waals surface area contributed by atoms with Crippen LogP contribution in [0.3, 0.4) is 0 Å². The molecule has 4 aromatic rings. The number of aromatic nitrogens is 3. The molecule has 0 saturated carbocycles. The number of nitrogens with zero attached hydrogens (tertiary/aromatic N) is 6. The number of amides is 1. The van der Waals surface area contributed by atoms with Gasteiger partial charge in [0.2, 0.25) is 5.91 Å². The molecule has 2 N–H and O–H groups in total. The summed E-state index contributed by atoms with van der Waals surface area (Å²) in [5, 5.41) is 24.3. The van der Waals surface area contributed by atoms with E-state index in [9.17, 15) is 19.6 Å². The van der Waals surface area contributed by atoms with E-state index in [0.29, 0.717) is 37.2 Å². The van der Waals surface area contributed by atoms with Crippen LogP contribution in [-0.2, 0) is 4.79 Å². The number of benzene rings is 2. The van der Waals surface area contributed by atoms with Crippen molar-refractivity contribution >= 4 is 33.4 Å². The molecule has 3 aliphatic heterocycles. The summed E-state index contributed by atoms with van der Waals surface area (Å²) >= 11 is 0. The predicted molar refractivity (Wildman–Crippen MR) is 181 cm³/mol. The van der Waals surface area contributed by atoms with Crippen molar-refractivity contribution in [3.05, 3.63) is 60.3 Å². The summed E-state index contributed by atoms with van der Waals surface area (Å²) in [5.74, 6) is 0.181. The maximum absolute atomic E-state index is 17.0. The molecule has 0 spiro atoms. The number of nitrogens with one attached hydrogen (secondary N) is 1. The van der Waals surface area contributed by atoms with Crippen molar-refractivity contribution in [3.63, 3.8) is 0 Å². The van der Waals surface area contributed by atoms with Crippen molar-refractivity contribution in [1.29, 1.82) is 5.26 Å². The summed E-state index contributed by atoms with van der Waals surface area (Å²) in [5.41, 5.74) is -0.365. The van der Waals surface area contributed by atoms with Crippen LogP contribution in [-0.4, -0.2) is 75.2 Å². The number of fused-ring (bicyclic) bond motifs is 3. The minimum atomic E-state index is -0.826. The number of pyridine rings is 1. The van der Waals surface area contributed by atoms with E-state index >= 15 is 4.39 Å². The Morgan fingerprint density at radius 2 is 2.00 bits per heavy atom. The number of carbonyl (C=O) groups is 1. The summed E-state index contributed by atoms with van der Waals surface area (Å²) in [7, 11) is 0. The molecule has 0 bridgehead atoms. The third kappa shape index (κ3) is 5.76. The predicted octanol–water partition coefficient (Wildman–Crippen LogP) is 5.23. The molecule has 2 aromatic heterocycles. The number of terminal acetylenes is 1. The third-order valence-electron chi connectivity index (χ3n) is 10.2. The molecule has 3 aliphatic rings. The molecule has 0 aliphatic carbocycles. The number of halogens is 2. The van der Waals surface area contributed by atoms with Crippen molar-refractivity contribution in [3.8, 4) is 41.4 Å². The van der Waals surface area contributed by atoms with E-state index in [4.69, 9.17) is 16.1 Å². The fourth-order valence-corrected chi connectivity index (χ4v) is 7.82. The Hall–Kier alpha value is -5.33. The van der Waals surface area contributed by atoms with E-state index in [1.807, 2.05) is 4.90 Å². The first-order valence-corrected chi connectivity index (χ1v) is 16.5. The van der Waals surface area contributed by atoms with Gasteiger partial charge in [0, 0.05) is 30.2 Å². The lowest BCUT2D eigenvalue weighted by Gasteiger charge is -2.31. The van der Waals surface area contributed by atoms with Gasteiger partial charge in [-0.1, -0.05) is 18.6 Å². The Bertz CT molecular complexity index is 2060. The second-order valence-electron chi connectivity index (χ2n) is 13.0. The van der Waals surface area contributed by atoms with Gasteiger partial charge in [-0.3, -0.25) is 14.7 Å². The molecular formula is C37H35F2N7O3. The Balaban J connectivity index is 1.38. The normalized spacial score (nSPS) is 20.4. The molecule has 7 rings (SSSR count). The molecule has 0 unspecified atom stereocenters. The van der Waals surface area contributed by atoms with Crippen LogP contribution in [0.15, 0.2) is 43.1 Å². The number of phenolic OH excluding ortho intramolecular Hbond substituents is 1. The van der Waals surface area contributed by atoms with Crippen molar-refractivity contribution in [2.75, 3.05) is 37.7 Å². The first-order chi connectivity index (χ1) is 23.7. The molecule has 1 amide bonds. The fraction of sp³-hybridized carbons (Fsp3) is 0.378. The zero-order chi connectivity index (χ0) is 34.3. The summed E-state index contributed by atoms with van der Waals surface area (Å²) in [6, 6.07) is 7.13. The Kier molecular flexibility index (Phi) is 8.51. The SMILES string of the molecule is C#Cc1c(F)ccc2cc(O)cc(-c3ncc4c(N5CCC[C@H](C#N)[C@@H](NC(=O)C=C)C5)nc(OCC56CCCN5CCC6)nc4c3F)c12. The van der Waals surface area contributed by atoms with Gasteiger partial charge in [-0.25, -0.2) is 8.78 Å². The Labute approximate surface area is 282 Å². The van der Waals surface area contributed by atoms with E-state index < -0.39 is 29.5 Å². The maximum atomic E-state index is 17.0. The average Bonchev–Trinajstić information content (AvgIpc) is 3.62. The highest BCUT2D eigenvalue weighted by Crippen LogP contribution is 2.41. The molecule has 3 fully saturated rings. The van der Waals surface area contributed by atoms with E-state index in [1.165, 1.54) is 30.5 Å². The summed E-state index contributed by atoms with van der Waals surface area (Å²) in [6.45, 7) is 6.56. The minimum absolute atomic E-state index is 0.0180. The maximum Gasteiger partial charge on any atom is 0.319 e. The second-order valence-corrected chi connectivity index (χ2v) is 13.0. The number of nitriles is 1. The van der Waals surface area contributed by atoms with E-state index in [2.05, 4.69) is 38.8 Å². The summed E-state index contributed by atoms with van der Waals surface area (Å²) < 4.78 is 38.2. The number of anilines is 1. The molecule has 2 aromatic carbocycles. The molecule has 12 heteroatoms.